The third kappa shape index (κ3) is 1.48. The van der Waals surface area contributed by atoms with Gasteiger partial charge in [-0.2, -0.15) is 0 Å². The van der Waals surface area contributed by atoms with Crippen LogP contribution < -0.4 is 0 Å². The van der Waals surface area contributed by atoms with Crippen LogP contribution in [0.2, 0.25) is 0 Å². The van der Waals surface area contributed by atoms with Gasteiger partial charge in [0.05, 0.1) is 6.10 Å². The average molecular weight is 188 g/mol. The molecule has 0 amide bonds. The van der Waals surface area contributed by atoms with Gasteiger partial charge >= 0.3 is 0 Å². The molecule has 0 aromatic rings. The summed E-state index contributed by atoms with van der Waals surface area (Å²) in [4.78, 5) is 0. The second-order valence-electron chi connectivity index (χ2n) is 4.01. The zero-order valence-corrected chi connectivity index (χ0v) is 8.44. The number of hydrogen-bond acceptors (Lipinski definition) is 4. The van der Waals surface area contributed by atoms with Crippen molar-refractivity contribution < 1.29 is 18.9 Å². The Kier molecular flexibility index (Phi) is 2.11. The quantitative estimate of drug-likeness (QED) is 0.612. The van der Waals surface area contributed by atoms with E-state index < -0.39 is 5.79 Å². The molecule has 0 aromatic carbocycles. The smallest absolute Gasteiger partial charge is 0.190 e. The van der Waals surface area contributed by atoms with Crippen molar-refractivity contribution >= 4 is 0 Å². The number of fused-ring (bicyclic) bond motifs is 1. The lowest BCUT2D eigenvalue weighted by Gasteiger charge is -2.22. The first-order valence-electron chi connectivity index (χ1n) is 4.57. The maximum Gasteiger partial charge on any atom is 0.190 e. The molecule has 2 fully saturated rings. The van der Waals surface area contributed by atoms with Crippen molar-refractivity contribution in [3.05, 3.63) is 0 Å². The van der Waals surface area contributed by atoms with E-state index in [1.807, 2.05) is 20.8 Å². The SMILES string of the molecule is CO[C@@H]1[C@H]2OC(C)(C)O[C@H]2O[C@H]1C. The van der Waals surface area contributed by atoms with Gasteiger partial charge in [0.1, 0.15) is 12.2 Å². The van der Waals surface area contributed by atoms with E-state index in [-0.39, 0.29) is 24.6 Å². The summed E-state index contributed by atoms with van der Waals surface area (Å²) in [6, 6.07) is 0. The summed E-state index contributed by atoms with van der Waals surface area (Å²) in [5, 5.41) is 0. The van der Waals surface area contributed by atoms with Crippen LogP contribution in [0, 0.1) is 0 Å². The highest BCUT2D eigenvalue weighted by Crippen LogP contribution is 2.38. The maximum absolute atomic E-state index is 5.67. The van der Waals surface area contributed by atoms with E-state index in [2.05, 4.69) is 0 Å². The van der Waals surface area contributed by atoms with Crippen LogP contribution in [0.5, 0.6) is 0 Å². The molecule has 0 N–H and O–H groups in total. The molecule has 2 rings (SSSR count). The highest BCUT2D eigenvalue weighted by atomic mass is 16.8. The van der Waals surface area contributed by atoms with Crippen LogP contribution in [0.1, 0.15) is 20.8 Å². The largest absolute Gasteiger partial charge is 0.376 e. The van der Waals surface area contributed by atoms with Gasteiger partial charge in [0.25, 0.3) is 0 Å². The lowest BCUT2D eigenvalue weighted by Crippen LogP contribution is -2.34. The van der Waals surface area contributed by atoms with Crippen molar-refractivity contribution in [2.45, 2.75) is 51.2 Å². The Morgan fingerprint density at radius 2 is 1.92 bits per heavy atom. The van der Waals surface area contributed by atoms with Crippen LogP contribution in [0.4, 0.5) is 0 Å². The number of ether oxygens (including phenoxy) is 4. The molecule has 2 aliphatic rings. The molecule has 0 aliphatic carbocycles. The van der Waals surface area contributed by atoms with E-state index in [1.54, 1.807) is 7.11 Å². The van der Waals surface area contributed by atoms with Crippen molar-refractivity contribution in [2.75, 3.05) is 7.11 Å². The first kappa shape index (κ1) is 9.40. The molecule has 0 radical (unpaired) electrons. The summed E-state index contributed by atoms with van der Waals surface area (Å²) in [5.41, 5.74) is 0. The van der Waals surface area contributed by atoms with E-state index in [9.17, 15) is 0 Å². The lowest BCUT2D eigenvalue weighted by molar-refractivity contribution is -0.214. The highest BCUT2D eigenvalue weighted by Gasteiger charge is 2.53. The Bertz CT molecular complexity index is 204. The lowest BCUT2D eigenvalue weighted by atomic mass is 10.1. The summed E-state index contributed by atoms with van der Waals surface area (Å²) in [6.07, 6.45) is -0.340. The Hall–Kier alpha value is -0.160. The minimum Gasteiger partial charge on any atom is -0.376 e. The zero-order valence-electron chi connectivity index (χ0n) is 8.44. The molecule has 76 valence electrons. The average Bonchev–Trinajstić information content (AvgIpc) is 2.39. The van der Waals surface area contributed by atoms with Gasteiger partial charge in [0.2, 0.25) is 0 Å². The molecule has 0 spiro atoms. The molecule has 2 aliphatic heterocycles. The molecule has 0 unspecified atom stereocenters. The highest BCUT2D eigenvalue weighted by molar-refractivity contribution is 4.91. The summed E-state index contributed by atoms with van der Waals surface area (Å²) < 4.78 is 22.1. The van der Waals surface area contributed by atoms with Crippen LogP contribution in [-0.2, 0) is 18.9 Å². The zero-order chi connectivity index (χ0) is 9.64. The van der Waals surface area contributed by atoms with Gasteiger partial charge < -0.3 is 18.9 Å². The van der Waals surface area contributed by atoms with Gasteiger partial charge in [0, 0.05) is 7.11 Å². The Morgan fingerprint density at radius 3 is 2.54 bits per heavy atom. The van der Waals surface area contributed by atoms with Gasteiger partial charge in [-0.05, 0) is 20.8 Å². The molecular formula is C9H16O4. The minimum atomic E-state index is -0.549. The molecule has 0 bridgehead atoms. The second kappa shape index (κ2) is 2.92. The monoisotopic (exact) mass is 188 g/mol. The van der Waals surface area contributed by atoms with Crippen molar-refractivity contribution in [1.82, 2.24) is 0 Å². The van der Waals surface area contributed by atoms with Crippen LogP contribution in [-0.4, -0.2) is 37.5 Å². The Morgan fingerprint density at radius 1 is 1.23 bits per heavy atom. The number of methoxy groups -OCH3 is 1. The number of rotatable bonds is 1. The summed E-state index contributed by atoms with van der Waals surface area (Å²) >= 11 is 0. The van der Waals surface area contributed by atoms with E-state index >= 15 is 0 Å². The molecule has 0 saturated carbocycles. The molecule has 0 aromatic heterocycles. The first-order chi connectivity index (χ1) is 6.03. The second-order valence-corrected chi connectivity index (χ2v) is 4.01. The summed E-state index contributed by atoms with van der Waals surface area (Å²) in [6.45, 7) is 5.73. The van der Waals surface area contributed by atoms with E-state index in [0.29, 0.717) is 0 Å². The fraction of sp³-hybridized carbons (Fsp3) is 1.00. The third-order valence-electron chi connectivity index (χ3n) is 2.50. The topological polar surface area (TPSA) is 36.9 Å². The summed E-state index contributed by atoms with van der Waals surface area (Å²) in [5.74, 6) is -0.549. The van der Waals surface area contributed by atoms with E-state index in [1.165, 1.54) is 0 Å². The van der Waals surface area contributed by atoms with Crippen LogP contribution in [0.3, 0.4) is 0 Å². The molecule has 13 heavy (non-hydrogen) atoms. The Balaban J connectivity index is 2.10. The molecule has 4 atom stereocenters. The maximum atomic E-state index is 5.67. The van der Waals surface area contributed by atoms with E-state index in [0.717, 1.165) is 0 Å². The molecule has 4 nitrogen and oxygen atoms in total. The predicted octanol–water partition coefficient (Wildman–Crippen LogP) is 0.898. The van der Waals surface area contributed by atoms with Gasteiger partial charge in [0.15, 0.2) is 12.1 Å². The fourth-order valence-corrected chi connectivity index (χ4v) is 1.97. The molecule has 2 heterocycles. The number of hydrogen-bond donors (Lipinski definition) is 0. The van der Waals surface area contributed by atoms with Gasteiger partial charge in [-0.1, -0.05) is 0 Å². The normalized spacial score (nSPS) is 48.0. The van der Waals surface area contributed by atoms with Crippen molar-refractivity contribution in [2.24, 2.45) is 0 Å². The predicted molar refractivity (Wildman–Crippen MR) is 45.2 cm³/mol. The summed E-state index contributed by atoms with van der Waals surface area (Å²) in [7, 11) is 1.67. The standard InChI is InChI=1S/C9H16O4/c1-5-6(10-4)7-8(11-5)13-9(2,3)12-7/h5-8H,1-4H3/t5-,6-,7+,8+/m0/s1. The molecular weight excluding hydrogens is 172 g/mol. The van der Waals surface area contributed by atoms with Gasteiger partial charge in [-0.3, -0.25) is 0 Å². The van der Waals surface area contributed by atoms with Crippen molar-refractivity contribution in [3.8, 4) is 0 Å². The molecule has 4 heteroatoms. The Labute approximate surface area is 78.1 Å². The van der Waals surface area contributed by atoms with E-state index in [4.69, 9.17) is 18.9 Å². The van der Waals surface area contributed by atoms with Gasteiger partial charge in [-0.15, -0.1) is 0 Å². The van der Waals surface area contributed by atoms with Crippen molar-refractivity contribution in [1.29, 1.82) is 0 Å². The fourth-order valence-electron chi connectivity index (χ4n) is 1.97. The molecule has 2 saturated heterocycles. The first-order valence-corrected chi connectivity index (χ1v) is 4.57. The van der Waals surface area contributed by atoms with Crippen LogP contribution in [0.15, 0.2) is 0 Å². The minimum absolute atomic E-state index is 0.0215. The van der Waals surface area contributed by atoms with Crippen molar-refractivity contribution in [3.63, 3.8) is 0 Å². The van der Waals surface area contributed by atoms with Crippen LogP contribution in [0.25, 0.3) is 0 Å². The van der Waals surface area contributed by atoms with Gasteiger partial charge in [-0.25, -0.2) is 0 Å². The third-order valence-corrected chi connectivity index (χ3v) is 2.50. The van der Waals surface area contributed by atoms with Crippen LogP contribution >= 0.6 is 0 Å².